The second-order valence-electron chi connectivity index (χ2n) is 8.57. The number of methoxy groups -OCH3 is 1. The molecule has 3 aromatic carbocycles. The van der Waals surface area contributed by atoms with Crippen LogP contribution >= 0.6 is 11.6 Å². The van der Waals surface area contributed by atoms with Crippen LogP contribution in [0.25, 0.3) is 0 Å². The van der Waals surface area contributed by atoms with E-state index in [1.165, 1.54) is 5.69 Å². The van der Waals surface area contributed by atoms with Crippen molar-refractivity contribution in [1.82, 2.24) is 10.2 Å². The predicted octanol–water partition coefficient (Wildman–Crippen LogP) is 4.37. The molecule has 2 aliphatic heterocycles. The van der Waals surface area contributed by atoms with Gasteiger partial charge in [0.2, 0.25) is 6.79 Å². The van der Waals surface area contributed by atoms with E-state index < -0.39 is 0 Å². The van der Waals surface area contributed by atoms with Crippen LogP contribution in [0.5, 0.6) is 17.2 Å². The molecule has 7 nitrogen and oxygen atoms in total. The molecule has 3 aromatic rings. The zero-order valence-corrected chi connectivity index (χ0v) is 20.3. The van der Waals surface area contributed by atoms with Crippen LogP contribution in [0.3, 0.4) is 0 Å². The number of halogens is 1. The van der Waals surface area contributed by atoms with Crippen LogP contribution in [0.4, 0.5) is 5.69 Å². The van der Waals surface area contributed by atoms with Crippen molar-refractivity contribution in [2.75, 3.05) is 51.5 Å². The third kappa shape index (κ3) is 5.31. The van der Waals surface area contributed by atoms with Crippen molar-refractivity contribution >= 4 is 23.2 Å². The van der Waals surface area contributed by atoms with Gasteiger partial charge in [-0.25, -0.2) is 0 Å². The molecule has 5 rings (SSSR count). The quantitative estimate of drug-likeness (QED) is 0.527. The predicted molar refractivity (Wildman–Crippen MR) is 136 cm³/mol. The van der Waals surface area contributed by atoms with Gasteiger partial charge in [0.15, 0.2) is 11.5 Å². The second kappa shape index (κ2) is 10.5. The number of hydrogen-bond acceptors (Lipinski definition) is 6. The van der Waals surface area contributed by atoms with Gasteiger partial charge in [-0.3, -0.25) is 9.69 Å². The molecule has 1 amide bonds. The first-order chi connectivity index (χ1) is 17.1. The molecule has 0 aromatic heterocycles. The van der Waals surface area contributed by atoms with Gasteiger partial charge in [-0.2, -0.15) is 0 Å². The lowest BCUT2D eigenvalue weighted by molar-refractivity contribution is 0.0930. The van der Waals surface area contributed by atoms with Gasteiger partial charge in [-0.1, -0.05) is 17.7 Å². The molecule has 1 unspecified atom stereocenters. The number of benzene rings is 3. The largest absolute Gasteiger partial charge is 0.497 e. The molecule has 0 saturated carbocycles. The normalized spacial score (nSPS) is 16.1. The number of anilines is 1. The Morgan fingerprint density at radius 1 is 0.971 bits per heavy atom. The monoisotopic (exact) mass is 493 g/mol. The van der Waals surface area contributed by atoms with Crippen LogP contribution < -0.4 is 24.4 Å². The summed E-state index contributed by atoms with van der Waals surface area (Å²) >= 11 is 5.97. The van der Waals surface area contributed by atoms with Crippen LogP contribution in [-0.4, -0.2) is 57.4 Å². The Bertz CT molecular complexity index is 1160. The molecule has 1 atom stereocenters. The summed E-state index contributed by atoms with van der Waals surface area (Å²) in [5.41, 5.74) is 2.85. The van der Waals surface area contributed by atoms with Gasteiger partial charge in [-0.05, 0) is 66.2 Å². The maximum atomic E-state index is 12.8. The average molecular weight is 494 g/mol. The molecule has 8 heteroatoms. The van der Waals surface area contributed by atoms with Crippen molar-refractivity contribution in [3.63, 3.8) is 0 Å². The molecule has 0 aliphatic carbocycles. The lowest BCUT2D eigenvalue weighted by Gasteiger charge is -2.40. The molecule has 0 radical (unpaired) electrons. The van der Waals surface area contributed by atoms with Gasteiger partial charge in [0.05, 0.1) is 13.2 Å². The van der Waals surface area contributed by atoms with E-state index in [9.17, 15) is 4.79 Å². The molecule has 182 valence electrons. The number of fused-ring (bicyclic) bond motifs is 1. The zero-order chi connectivity index (χ0) is 24.2. The van der Waals surface area contributed by atoms with Crippen molar-refractivity contribution in [1.29, 1.82) is 0 Å². The highest BCUT2D eigenvalue weighted by Crippen LogP contribution is 2.36. The number of hydrogen-bond donors (Lipinski definition) is 1. The van der Waals surface area contributed by atoms with E-state index in [1.807, 2.05) is 24.3 Å². The number of piperazine rings is 1. The molecular weight excluding hydrogens is 466 g/mol. The number of nitrogens with zero attached hydrogens (tertiary/aromatic N) is 2. The van der Waals surface area contributed by atoms with Gasteiger partial charge in [0.25, 0.3) is 5.91 Å². The first kappa shape index (κ1) is 23.3. The summed E-state index contributed by atoms with van der Waals surface area (Å²) in [6, 6.07) is 21.1. The second-order valence-corrected chi connectivity index (χ2v) is 9.00. The molecule has 1 N–H and O–H groups in total. The molecule has 35 heavy (non-hydrogen) atoms. The Hall–Kier alpha value is -3.42. The fraction of sp³-hybridized carbons (Fsp3) is 0.296. The van der Waals surface area contributed by atoms with Crippen LogP contribution in [0, 0.1) is 0 Å². The summed E-state index contributed by atoms with van der Waals surface area (Å²) in [6.45, 7) is 4.21. The molecule has 0 bridgehead atoms. The Morgan fingerprint density at radius 2 is 1.69 bits per heavy atom. The number of carbonyl (C=O) groups excluding carboxylic acids is 1. The molecule has 0 spiro atoms. The summed E-state index contributed by atoms with van der Waals surface area (Å²) < 4.78 is 16.4. The highest BCUT2D eigenvalue weighted by Gasteiger charge is 2.27. The Kier molecular flexibility index (Phi) is 6.97. The van der Waals surface area contributed by atoms with Crippen molar-refractivity contribution < 1.29 is 19.0 Å². The number of ether oxygens (including phenoxy) is 3. The number of rotatable bonds is 7. The summed E-state index contributed by atoms with van der Waals surface area (Å²) in [7, 11) is 1.68. The Morgan fingerprint density at radius 3 is 2.40 bits per heavy atom. The van der Waals surface area contributed by atoms with Crippen molar-refractivity contribution in [3.05, 3.63) is 82.9 Å². The SMILES string of the molecule is COc1ccc(N2CCN(C(CNC(=O)c3ccc(Cl)cc3)c3ccc4c(c3)OCO4)CC2)cc1. The van der Waals surface area contributed by atoms with Gasteiger partial charge < -0.3 is 24.4 Å². The van der Waals surface area contributed by atoms with Crippen LogP contribution in [-0.2, 0) is 0 Å². The van der Waals surface area contributed by atoms with E-state index in [0.29, 0.717) is 17.1 Å². The van der Waals surface area contributed by atoms with E-state index in [1.54, 1.807) is 31.4 Å². The fourth-order valence-electron chi connectivity index (χ4n) is 4.56. The minimum Gasteiger partial charge on any atom is -0.497 e. The van der Waals surface area contributed by atoms with E-state index >= 15 is 0 Å². The minimum atomic E-state index is -0.121. The fourth-order valence-corrected chi connectivity index (χ4v) is 4.68. The number of carbonyl (C=O) groups is 1. The molecular formula is C27H28ClN3O4. The average Bonchev–Trinajstić information content (AvgIpc) is 3.38. The maximum Gasteiger partial charge on any atom is 0.251 e. The van der Waals surface area contributed by atoms with Crippen molar-refractivity contribution in [2.24, 2.45) is 0 Å². The van der Waals surface area contributed by atoms with Gasteiger partial charge >= 0.3 is 0 Å². The van der Waals surface area contributed by atoms with Crippen LogP contribution in [0.2, 0.25) is 5.02 Å². The summed E-state index contributed by atoms with van der Waals surface area (Å²) in [6.07, 6.45) is 0. The first-order valence-electron chi connectivity index (χ1n) is 11.7. The van der Waals surface area contributed by atoms with Crippen LogP contribution in [0.15, 0.2) is 66.7 Å². The van der Waals surface area contributed by atoms with Crippen LogP contribution in [0.1, 0.15) is 22.0 Å². The summed E-state index contributed by atoms with van der Waals surface area (Å²) in [5.74, 6) is 2.23. The van der Waals surface area contributed by atoms with E-state index in [-0.39, 0.29) is 18.7 Å². The summed E-state index contributed by atoms with van der Waals surface area (Å²) in [5, 5.41) is 3.72. The van der Waals surface area contributed by atoms with Gasteiger partial charge in [0.1, 0.15) is 5.75 Å². The third-order valence-electron chi connectivity index (χ3n) is 6.54. The number of amides is 1. The smallest absolute Gasteiger partial charge is 0.251 e. The molecule has 2 heterocycles. The molecule has 2 aliphatic rings. The van der Waals surface area contributed by atoms with E-state index in [2.05, 4.69) is 33.3 Å². The highest BCUT2D eigenvalue weighted by molar-refractivity contribution is 6.30. The van der Waals surface area contributed by atoms with Crippen molar-refractivity contribution in [3.8, 4) is 17.2 Å². The standard InChI is InChI=1S/C27H28ClN3O4/c1-33-23-9-7-22(8-10-23)30-12-14-31(15-13-30)24(20-4-11-25-26(16-20)35-18-34-25)17-29-27(32)19-2-5-21(28)6-3-19/h2-11,16,24H,12-15,17-18H2,1H3,(H,29,32). The topological polar surface area (TPSA) is 63.3 Å². The van der Waals surface area contributed by atoms with E-state index in [4.69, 9.17) is 25.8 Å². The Labute approximate surface area is 210 Å². The first-order valence-corrected chi connectivity index (χ1v) is 12.0. The minimum absolute atomic E-state index is 0.00114. The highest BCUT2D eigenvalue weighted by atomic mass is 35.5. The van der Waals surface area contributed by atoms with E-state index in [0.717, 1.165) is 49.0 Å². The van der Waals surface area contributed by atoms with Crippen molar-refractivity contribution in [2.45, 2.75) is 6.04 Å². The van der Waals surface area contributed by atoms with Gasteiger partial charge in [-0.15, -0.1) is 0 Å². The number of nitrogens with one attached hydrogen (secondary N) is 1. The summed E-state index contributed by atoms with van der Waals surface area (Å²) in [4.78, 5) is 17.6. The lowest BCUT2D eigenvalue weighted by atomic mass is 10.0. The van der Waals surface area contributed by atoms with Gasteiger partial charge in [0, 0.05) is 49.0 Å². The Balaban J connectivity index is 1.30. The maximum absolute atomic E-state index is 12.8. The lowest BCUT2D eigenvalue weighted by Crippen LogP contribution is -2.50. The molecule has 1 fully saturated rings. The zero-order valence-electron chi connectivity index (χ0n) is 19.6. The third-order valence-corrected chi connectivity index (χ3v) is 6.79. The molecule has 1 saturated heterocycles.